The molecule has 0 spiro atoms. The lowest BCUT2D eigenvalue weighted by Gasteiger charge is -2.41. The number of benzene rings is 1. The van der Waals surface area contributed by atoms with E-state index in [1.807, 2.05) is 0 Å². The molecule has 2 unspecified atom stereocenters. The van der Waals surface area contributed by atoms with Gasteiger partial charge in [0.25, 0.3) is 0 Å². The number of aryl methyl sites for hydroxylation is 1. The number of nitrogens with one attached hydrogen (secondary N) is 1. The summed E-state index contributed by atoms with van der Waals surface area (Å²) in [5.41, 5.74) is 2.85. The van der Waals surface area contributed by atoms with Gasteiger partial charge in [0.15, 0.2) is 0 Å². The largest absolute Gasteiger partial charge is 0.366 e. The molecule has 0 bridgehead atoms. The van der Waals surface area contributed by atoms with Crippen LogP contribution in [0, 0.1) is 0 Å². The number of anilines is 1. The maximum absolute atomic E-state index is 3.66. The maximum Gasteiger partial charge on any atom is 0.0412 e. The zero-order valence-electron chi connectivity index (χ0n) is 12.7. The molecule has 1 saturated heterocycles. The Morgan fingerprint density at radius 2 is 1.84 bits per heavy atom. The molecule has 2 atom stereocenters. The van der Waals surface area contributed by atoms with Gasteiger partial charge in [-0.1, -0.05) is 39.3 Å². The average Bonchev–Trinajstić information content (AvgIpc) is 2.47. The Balaban J connectivity index is 2.11. The Bertz CT molecular complexity index is 371. The fraction of sp³-hybridized carbons (Fsp3) is 0.647. The van der Waals surface area contributed by atoms with E-state index < -0.39 is 0 Å². The molecular weight excluding hydrogens is 232 g/mol. The lowest BCUT2D eigenvalue weighted by atomic mass is 10.0. The predicted octanol–water partition coefficient (Wildman–Crippen LogP) is 3.61. The van der Waals surface area contributed by atoms with E-state index in [0.29, 0.717) is 12.1 Å². The first kappa shape index (κ1) is 14.4. The smallest absolute Gasteiger partial charge is 0.0412 e. The third-order valence-electron chi connectivity index (χ3n) is 4.27. The van der Waals surface area contributed by atoms with Crippen molar-refractivity contribution in [2.75, 3.05) is 18.0 Å². The van der Waals surface area contributed by atoms with Crippen LogP contribution in [0.4, 0.5) is 5.69 Å². The fourth-order valence-corrected chi connectivity index (χ4v) is 2.96. The zero-order valence-corrected chi connectivity index (χ0v) is 12.7. The second kappa shape index (κ2) is 6.95. The van der Waals surface area contributed by atoms with Crippen LogP contribution in [0.15, 0.2) is 24.3 Å². The highest BCUT2D eigenvalue weighted by Crippen LogP contribution is 2.23. The summed E-state index contributed by atoms with van der Waals surface area (Å²) in [6.07, 6.45) is 4.83. The molecule has 2 nitrogen and oxygen atoms in total. The zero-order chi connectivity index (χ0) is 13.7. The average molecular weight is 260 g/mol. The quantitative estimate of drug-likeness (QED) is 0.870. The minimum atomic E-state index is 0.637. The molecule has 1 fully saturated rings. The molecule has 0 saturated carbocycles. The molecule has 0 aromatic heterocycles. The Morgan fingerprint density at radius 3 is 2.42 bits per heavy atom. The summed E-state index contributed by atoms with van der Waals surface area (Å²) in [6.45, 7) is 9.06. The molecule has 0 aliphatic carbocycles. The topological polar surface area (TPSA) is 15.3 Å². The van der Waals surface area contributed by atoms with Crippen LogP contribution in [0.2, 0.25) is 0 Å². The first-order valence-corrected chi connectivity index (χ1v) is 7.87. The van der Waals surface area contributed by atoms with Crippen LogP contribution in [-0.2, 0) is 6.42 Å². The van der Waals surface area contributed by atoms with Gasteiger partial charge in [-0.05, 0) is 37.0 Å². The first-order valence-electron chi connectivity index (χ1n) is 7.87. The fourth-order valence-electron chi connectivity index (χ4n) is 2.96. The molecule has 1 heterocycles. The predicted molar refractivity (Wildman–Crippen MR) is 83.9 cm³/mol. The van der Waals surface area contributed by atoms with E-state index in [1.54, 1.807) is 0 Å². The van der Waals surface area contributed by atoms with Crippen LogP contribution >= 0.6 is 0 Å². The molecule has 1 N–H and O–H groups in total. The third-order valence-corrected chi connectivity index (χ3v) is 4.27. The van der Waals surface area contributed by atoms with Crippen molar-refractivity contribution >= 4 is 5.69 Å². The highest BCUT2D eigenvalue weighted by Gasteiger charge is 2.25. The van der Waals surface area contributed by atoms with Crippen molar-refractivity contribution < 1.29 is 0 Å². The van der Waals surface area contributed by atoms with Gasteiger partial charge < -0.3 is 10.2 Å². The molecule has 1 aliphatic rings. The van der Waals surface area contributed by atoms with Crippen LogP contribution < -0.4 is 10.2 Å². The third kappa shape index (κ3) is 3.50. The van der Waals surface area contributed by atoms with Crippen LogP contribution in [0.3, 0.4) is 0 Å². The minimum Gasteiger partial charge on any atom is -0.366 e. The second-order valence-corrected chi connectivity index (χ2v) is 5.64. The lowest BCUT2D eigenvalue weighted by Crippen LogP contribution is -2.56. The summed E-state index contributed by atoms with van der Waals surface area (Å²) >= 11 is 0. The van der Waals surface area contributed by atoms with Crippen molar-refractivity contribution in [3.63, 3.8) is 0 Å². The van der Waals surface area contributed by atoms with Gasteiger partial charge in [0.1, 0.15) is 0 Å². The highest BCUT2D eigenvalue weighted by atomic mass is 15.2. The molecule has 19 heavy (non-hydrogen) atoms. The molecule has 1 aromatic carbocycles. The van der Waals surface area contributed by atoms with E-state index in [2.05, 4.69) is 55.3 Å². The minimum absolute atomic E-state index is 0.637. The molecule has 2 rings (SSSR count). The summed E-state index contributed by atoms with van der Waals surface area (Å²) in [7, 11) is 0. The Hall–Kier alpha value is -1.02. The van der Waals surface area contributed by atoms with E-state index in [0.717, 1.165) is 13.1 Å². The summed E-state index contributed by atoms with van der Waals surface area (Å²) < 4.78 is 0. The van der Waals surface area contributed by atoms with Gasteiger partial charge >= 0.3 is 0 Å². The summed E-state index contributed by atoms with van der Waals surface area (Å²) in [5, 5.41) is 3.66. The van der Waals surface area contributed by atoms with E-state index in [9.17, 15) is 0 Å². The Kier molecular flexibility index (Phi) is 5.26. The normalized spacial score (nSPS) is 23.6. The van der Waals surface area contributed by atoms with Crippen molar-refractivity contribution in [1.82, 2.24) is 5.32 Å². The molecule has 106 valence electrons. The summed E-state index contributed by atoms with van der Waals surface area (Å²) in [5.74, 6) is 0. The molecular formula is C17H28N2. The van der Waals surface area contributed by atoms with Crippen molar-refractivity contribution in [3.8, 4) is 0 Å². The Morgan fingerprint density at radius 1 is 1.11 bits per heavy atom. The molecule has 2 heteroatoms. The standard InChI is InChI=1S/C17H28N2/c1-4-7-14-8-10-17(11-9-14)19-13-15(5-2)18-12-16(19)6-3/h8-11,15-16,18H,4-7,12-13H2,1-3H3. The van der Waals surface area contributed by atoms with Crippen LogP contribution in [-0.4, -0.2) is 25.2 Å². The molecule has 0 radical (unpaired) electrons. The van der Waals surface area contributed by atoms with E-state index in [-0.39, 0.29) is 0 Å². The monoisotopic (exact) mass is 260 g/mol. The second-order valence-electron chi connectivity index (χ2n) is 5.64. The molecule has 0 amide bonds. The van der Waals surface area contributed by atoms with Gasteiger partial charge in [-0.2, -0.15) is 0 Å². The number of piperazine rings is 1. The van der Waals surface area contributed by atoms with E-state index >= 15 is 0 Å². The van der Waals surface area contributed by atoms with Crippen LogP contribution in [0.1, 0.15) is 45.6 Å². The van der Waals surface area contributed by atoms with Crippen LogP contribution in [0.5, 0.6) is 0 Å². The van der Waals surface area contributed by atoms with Crippen molar-refractivity contribution in [1.29, 1.82) is 0 Å². The maximum atomic E-state index is 3.66. The lowest BCUT2D eigenvalue weighted by molar-refractivity contribution is 0.379. The number of rotatable bonds is 5. The van der Waals surface area contributed by atoms with Crippen molar-refractivity contribution in [2.45, 2.75) is 58.5 Å². The van der Waals surface area contributed by atoms with Gasteiger partial charge in [-0.3, -0.25) is 0 Å². The highest BCUT2D eigenvalue weighted by molar-refractivity contribution is 5.49. The van der Waals surface area contributed by atoms with Crippen molar-refractivity contribution in [3.05, 3.63) is 29.8 Å². The van der Waals surface area contributed by atoms with E-state index in [4.69, 9.17) is 0 Å². The van der Waals surface area contributed by atoms with Gasteiger partial charge in [0.05, 0.1) is 0 Å². The van der Waals surface area contributed by atoms with Crippen LogP contribution in [0.25, 0.3) is 0 Å². The molecule has 1 aliphatic heterocycles. The Labute approximate surface area is 118 Å². The van der Waals surface area contributed by atoms with Gasteiger partial charge in [0.2, 0.25) is 0 Å². The SMILES string of the molecule is CCCc1ccc(N2CC(CC)NCC2CC)cc1. The number of hydrogen-bond donors (Lipinski definition) is 1. The number of nitrogens with zero attached hydrogens (tertiary/aromatic N) is 1. The summed E-state index contributed by atoms with van der Waals surface area (Å²) in [4.78, 5) is 2.60. The number of hydrogen-bond acceptors (Lipinski definition) is 2. The summed E-state index contributed by atoms with van der Waals surface area (Å²) in [6, 6.07) is 10.5. The van der Waals surface area contributed by atoms with Gasteiger partial charge in [0, 0.05) is 30.9 Å². The van der Waals surface area contributed by atoms with Crippen molar-refractivity contribution in [2.24, 2.45) is 0 Å². The van der Waals surface area contributed by atoms with Gasteiger partial charge in [-0.25, -0.2) is 0 Å². The van der Waals surface area contributed by atoms with Gasteiger partial charge in [-0.15, -0.1) is 0 Å². The van der Waals surface area contributed by atoms with E-state index in [1.165, 1.54) is 36.9 Å². The first-order chi connectivity index (χ1) is 9.28. The molecule has 1 aromatic rings.